The summed E-state index contributed by atoms with van der Waals surface area (Å²) in [5.74, 6) is 0.104. The minimum Gasteiger partial charge on any atom is -0.389 e. The lowest BCUT2D eigenvalue weighted by Crippen LogP contribution is -2.50. The monoisotopic (exact) mass is 298 g/mol. The van der Waals surface area contributed by atoms with Crippen LogP contribution in [0.2, 0.25) is 0 Å². The van der Waals surface area contributed by atoms with Gasteiger partial charge in [0.25, 0.3) is 0 Å². The van der Waals surface area contributed by atoms with Crippen LogP contribution >= 0.6 is 0 Å². The molecular formula is C16H30N2O3. The SMILES string of the molecule is COCC(=O)N1CCC2(CC1)CCC(O)(CN(C)C)CC2. The van der Waals surface area contributed by atoms with Gasteiger partial charge in [0.05, 0.1) is 5.60 Å². The van der Waals surface area contributed by atoms with Gasteiger partial charge in [-0.05, 0) is 58.0 Å². The van der Waals surface area contributed by atoms with Crippen LogP contribution in [0.25, 0.3) is 0 Å². The first-order valence-electron chi connectivity index (χ1n) is 8.02. The number of piperidine rings is 1. The van der Waals surface area contributed by atoms with E-state index in [1.54, 1.807) is 7.11 Å². The lowest BCUT2D eigenvalue weighted by atomic mass is 9.64. The highest BCUT2D eigenvalue weighted by Crippen LogP contribution is 2.47. The van der Waals surface area contributed by atoms with E-state index in [2.05, 4.69) is 4.90 Å². The van der Waals surface area contributed by atoms with E-state index < -0.39 is 5.60 Å². The first-order chi connectivity index (χ1) is 9.88. The molecule has 21 heavy (non-hydrogen) atoms. The third kappa shape index (κ3) is 4.18. The molecule has 0 aromatic heterocycles. The maximum absolute atomic E-state index is 11.8. The Kier molecular flexibility index (Phi) is 5.28. The third-order valence-corrected chi connectivity index (χ3v) is 5.30. The Hall–Kier alpha value is -0.650. The molecule has 5 nitrogen and oxygen atoms in total. The van der Waals surface area contributed by atoms with Gasteiger partial charge < -0.3 is 19.6 Å². The van der Waals surface area contributed by atoms with Crippen LogP contribution in [0.1, 0.15) is 38.5 Å². The average Bonchev–Trinajstić information content (AvgIpc) is 2.43. The highest BCUT2D eigenvalue weighted by Gasteiger charge is 2.43. The lowest BCUT2D eigenvalue weighted by molar-refractivity contribution is -0.139. The van der Waals surface area contributed by atoms with E-state index in [4.69, 9.17) is 4.74 Å². The van der Waals surface area contributed by atoms with Gasteiger partial charge in [-0.3, -0.25) is 4.79 Å². The van der Waals surface area contributed by atoms with Crippen molar-refractivity contribution in [3.63, 3.8) is 0 Å². The fraction of sp³-hybridized carbons (Fsp3) is 0.938. The van der Waals surface area contributed by atoms with Crippen molar-refractivity contribution in [2.45, 2.75) is 44.1 Å². The topological polar surface area (TPSA) is 53.0 Å². The molecule has 1 amide bonds. The Bertz CT molecular complexity index is 353. The zero-order valence-electron chi connectivity index (χ0n) is 13.7. The van der Waals surface area contributed by atoms with Gasteiger partial charge in [0.15, 0.2) is 0 Å². The molecule has 1 aliphatic carbocycles. The fourth-order valence-electron chi connectivity index (χ4n) is 3.94. The van der Waals surface area contributed by atoms with Gasteiger partial charge in [0.1, 0.15) is 6.61 Å². The number of likely N-dealkylation sites (tertiary alicyclic amines) is 1. The molecule has 2 fully saturated rings. The minimum atomic E-state index is -0.516. The molecule has 1 saturated heterocycles. The standard InChI is InChI=1S/C16H30N2O3/c1-17(2)13-16(20)6-4-15(5-7-16)8-10-18(11-9-15)14(19)12-21-3/h20H,4-13H2,1-3H3. The summed E-state index contributed by atoms with van der Waals surface area (Å²) in [7, 11) is 5.60. The van der Waals surface area contributed by atoms with Gasteiger partial charge in [-0.25, -0.2) is 0 Å². The molecule has 1 spiro atoms. The lowest BCUT2D eigenvalue weighted by Gasteiger charge is -2.48. The summed E-state index contributed by atoms with van der Waals surface area (Å²) in [6.07, 6.45) is 6.09. The molecule has 2 rings (SSSR count). The molecule has 0 aromatic rings. The largest absolute Gasteiger partial charge is 0.389 e. The summed E-state index contributed by atoms with van der Waals surface area (Å²) < 4.78 is 4.93. The third-order valence-electron chi connectivity index (χ3n) is 5.30. The van der Waals surface area contributed by atoms with Gasteiger partial charge in [0, 0.05) is 26.7 Å². The first-order valence-corrected chi connectivity index (χ1v) is 8.02. The molecule has 0 radical (unpaired) electrons. The molecule has 5 heteroatoms. The summed E-state index contributed by atoms with van der Waals surface area (Å²) in [6.45, 7) is 2.62. The van der Waals surface area contributed by atoms with Crippen LogP contribution in [0.3, 0.4) is 0 Å². The van der Waals surface area contributed by atoms with Gasteiger partial charge in [-0.2, -0.15) is 0 Å². The number of carbonyl (C=O) groups is 1. The number of likely N-dealkylation sites (N-methyl/N-ethyl adjacent to an activating group) is 1. The number of ether oxygens (including phenoxy) is 1. The quantitative estimate of drug-likeness (QED) is 0.845. The second-order valence-electron chi connectivity index (χ2n) is 7.28. The predicted octanol–water partition coefficient (Wildman–Crippen LogP) is 1.11. The van der Waals surface area contributed by atoms with E-state index in [0.29, 0.717) is 5.41 Å². The van der Waals surface area contributed by atoms with Gasteiger partial charge >= 0.3 is 0 Å². The van der Waals surface area contributed by atoms with Crippen molar-refractivity contribution in [1.82, 2.24) is 9.80 Å². The number of methoxy groups -OCH3 is 1. The number of aliphatic hydroxyl groups is 1. The smallest absolute Gasteiger partial charge is 0.248 e. The molecule has 0 aromatic carbocycles. The molecule has 0 atom stereocenters. The van der Waals surface area contributed by atoms with Crippen molar-refractivity contribution in [3.8, 4) is 0 Å². The van der Waals surface area contributed by atoms with Crippen molar-refractivity contribution in [2.24, 2.45) is 5.41 Å². The summed E-state index contributed by atoms with van der Waals surface area (Å²) in [5, 5.41) is 10.6. The second-order valence-corrected chi connectivity index (χ2v) is 7.28. The van der Waals surface area contributed by atoms with Crippen molar-refractivity contribution in [1.29, 1.82) is 0 Å². The number of hydrogen-bond acceptors (Lipinski definition) is 4. The first kappa shape index (κ1) is 16.7. The summed E-state index contributed by atoms with van der Waals surface area (Å²) >= 11 is 0. The zero-order valence-corrected chi connectivity index (χ0v) is 13.7. The molecule has 2 aliphatic rings. The average molecular weight is 298 g/mol. The van der Waals surface area contributed by atoms with Gasteiger partial charge in [-0.15, -0.1) is 0 Å². The van der Waals surface area contributed by atoms with Crippen LogP contribution in [-0.4, -0.2) is 73.9 Å². The van der Waals surface area contributed by atoms with E-state index in [1.165, 1.54) is 0 Å². The molecule has 1 saturated carbocycles. The summed E-state index contributed by atoms with van der Waals surface area (Å²) in [4.78, 5) is 15.8. The molecule has 122 valence electrons. The van der Waals surface area contributed by atoms with E-state index in [-0.39, 0.29) is 12.5 Å². The van der Waals surface area contributed by atoms with Crippen LogP contribution in [0.4, 0.5) is 0 Å². The Morgan fingerprint density at radius 3 is 2.19 bits per heavy atom. The summed E-state index contributed by atoms with van der Waals surface area (Å²) in [5.41, 5.74) is -0.167. The Morgan fingerprint density at radius 2 is 1.71 bits per heavy atom. The summed E-state index contributed by atoms with van der Waals surface area (Å²) in [6, 6.07) is 0. The van der Waals surface area contributed by atoms with Crippen molar-refractivity contribution in [2.75, 3.05) is 47.4 Å². The molecule has 1 N–H and O–H groups in total. The predicted molar refractivity (Wildman–Crippen MR) is 82.1 cm³/mol. The minimum absolute atomic E-state index is 0.104. The maximum Gasteiger partial charge on any atom is 0.248 e. The number of nitrogens with zero attached hydrogens (tertiary/aromatic N) is 2. The molecule has 1 heterocycles. The van der Waals surface area contributed by atoms with E-state index in [1.807, 2.05) is 19.0 Å². The second kappa shape index (κ2) is 6.63. The van der Waals surface area contributed by atoms with Crippen LogP contribution in [0.5, 0.6) is 0 Å². The Morgan fingerprint density at radius 1 is 1.14 bits per heavy atom. The van der Waals surface area contributed by atoms with E-state index in [9.17, 15) is 9.90 Å². The Balaban J connectivity index is 1.84. The Labute approximate surface area is 128 Å². The normalized spacial score (nSPS) is 24.5. The molecule has 0 bridgehead atoms. The molecule has 1 aliphatic heterocycles. The van der Waals surface area contributed by atoms with Crippen molar-refractivity contribution < 1.29 is 14.6 Å². The van der Waals surface area contributed by atoms with E-state index in [0.717, 1.165) is 58.2 Å². The fourth-order valence-corrected chi connectivity index (χ4v) is 3.94. The van der Waals surface area contributed by atoms with Crippen molar-refractivity contribution in [3.05, 3.63) is 0 Å². The zero-order chi connectivity index (χ0) is 15.5. The molecule has 0 unspecified atom stereocenters. The number of carbonyl (C=O) groups excluding carboxylic acids is 1. The molecular weight excluding hydrogens is 268 g/mol. The highest BCUT2D eigenvalue weighted by molar-refractivity contribution is 5.77. The number of hydrogen-bond donors (Lipinski definition) is 1. The highest BCUT2D eigenvalue weighted by atomic mass is 16.5. The van der Waals surface area contributed by atoms with Crippen molar-refractivity contribution >= 4 is 5.91 Å². The van der Waals surface area contributed by atoms with Crippen LogP contribution in [-0.2, 0) is 9.53 Å². The van der Waals surface area contributed by atoms with Crippen LogP contribution in [0.15, 0.2) is 0 Å². The maximum atomic E-state index is 11.8. The van der Waals surface area contributed by atoms with Crippen LogP contribution in [0, 0.1) is 5.41 Å². The van der Waals surface area contributed by atoms with Gasteiger partial charge in [0.2, 0.25) is 5.91 Å². The van der Waals surface area contributed by atoms with Gasteiger partial charge in [-0.1, -0.05) is 0 Å². The number of amides is 1. The van der Waals surface area contributed by atoms with Crippen LogP contribution < -0.4 is 0 Å². The van der Waals surface area contributed by atoms with E-state index >= 15 is 0 Å². The number of rotatable bonds is 4.